The van der Waals surface area contributed by atoms with Crippen LogP contribution >= 0.6 is 0 Å². The Kier molecular flexibility index (Phi) is 4.15. The first-order valence-corrected chi connectivity index (χ1v) is 6.79. The van der Waals surface area contributed by atoms with Gasteiger partial charge in [0.05, 0.1) is 0 Å². The van der Waals surface area contributed by atoms with E-state index >= 15 is 0 Å². The van der Waals surface area contributed by atoms with Crippen molar-refractivity contribution in [2.75, 3.05) is 0 Å². The van der Waals surface area contributed by atoms with Crippen LogP contribution in [-0.2, 0) is 13.0 Å². The van der Waals surface area contributed by atoms with Crippen LogP contribution in [0.15, 0.2) is 6.33 Å². The fraction of sp³-hybridized carbons (Fsp3) is 0.846. The van der Waals surface area contributed by atoms with E-state index in [-0.39, 0.29) is 6.04 Å². The monoisotopic (exact) mass is 236 g/mol. The molecule has 1 aliphatic carbocycles. The molecule has 1 aliphatic rings. The molecule has 96 valence electrons. The summed E-state index contributed by atoms with van der Waals surface area (Å²) >= 11 is 0. The van der Waals surface area contributed by atoms with Crippen LogP contribution in [0.1, 0.15) is 45.4 Å². The number of nitrogens with zero attached hydrogens (tertiary/aromatic N) is 3. The van der Waals surface area contributed by atoms with Gasteiger partial charge in [-0.15, -0.1) is 0 Å². The van der Waals surface area contributed by atoms with E-state index in [1.54, 1.807) is 6.33 Å². The second-order valence-corrected chi connectivity index (χ2v) is 5.66. The molecule has 1 atom stereocenters. The lowest BCUT2D eigenvalue weighted by Gasteiger charge is -2.18. The molecule has 1 unspecified atom stereocenters. The van der Waals surface area contributed by atoms with Crippen LogP contribution in [-0.4, -0.2) is 20.8 Å². The zero-order valence-corrected chi connectivity index (χ0v) is 11.0. The van der Waals surface area contributed by atoms with E-state index in [2.05, 4.69) is 23.9 Å². The third-order valence-corrected chi connectivity index (χ3v) is 3.66. The second-order valence-electron chi connectivity index (χ2n) is 5.66. The van der Waals surface area contributed by atoms with Gasteiger partial charge in [0.2, 0.25) is 0 Å². The van der Waals surface area contributed by atoms with Crippen molar-refractivity contribution in [3.8, 4) is 0 Å². The summed E-state index contributed by atoms with van der Waals surface area (Å²) in [5, 5.41) is 4.29. The predicted octanol–water partition coefficient (Wildman–Crippen LogP) is 1.99. The maximum Gasteiger partial charge on any atom is 0.138 e. The highest BCUT2D eigenvalue weighted by molar-refractivity contribution is 4.92. The van der Waals surface area contributed by atoms with Crippen LogP contribution in [0.4, 0.5) is 0 Å². The number of nitrogens with two attached hydrogens (primary N) is 1. The van der Waals surface area contributed by atoms with Gasteiger partial charge in [0.25, 0.3) is 0 Å². The largest absolute Gasteiger partial charge is 0.327 e. The summed E-state index contributed by atoms with van der Waals surface area (Å²) in [6.07, 6.45) is 7.80. The van der Waals surface area contributed by atoms with Crippen molar-refractivity contribution in [2.45, 2.75) is 58.5 Å². The van der Waals surface area contributed by atoms with Gasteiger partial charge in [-0.05, 0) is 24.7 Å². The highest BCUT2D eigenvalue weighted by atomic mass is 15.3. The Morgan fingerprint density at radius 1 is 1.41 bits per heavy atom. The molecule has 0 amide bonds. The van der Waals surface area contributed by atoms with E-state index in [4.69, 9.17) is 5.73 Å². The van der Waals surface area contributed by atoms with E-state index < -0.39 is 0 Å². The molecule has 1 fully saturated rings. The lowest BCUT2D eigenvalue weighted by Crippen LogP contribution is -2.32. The molecule has 1 heterocycles. The molecule has 0 aromatic carbocycles. The molecule has 0 bridgehead atoms. The zero-order valence-electron chi connectivity index (χ0n) is 11.0. The Morgan fingerprint density at radius 2 is 2.12 bits per heavy atom. The van der Waals surface area contributed by atoms with E-state index in [0.29, 0.717) is 11.8 Å². The number of hydrogen-bond donors (Lipinski definition) is 1. The quantitative estimate of drug-likeness (QED) is 0.850. The first kappa shape index (κ1) is 12.6. The van der Waals surface area contributed by atoms with Crippen molar-refractivity contribution in [3.63, 3.8) is 0 Å². The molecule has 1 aromatic heterocycles. The van der Waals surface area contributed by atoms with Crippen molar-refractivity contribution >= 4 is 0 Å². The minimum atomic E-state index is 0.257. The van der Waals surface area contributed by atoms with Crippen molar-refractivity contribution < 1.29 is 0 Å². The van der Waals surface area contributed by atoms with Gasteiger partial charge in [-0.1, -0.05) is 26.7 Å². The molecule has 4 heteroatoms. The number of aromatic nitrogens is 3. The highest BCUT2D eigenvalue weighted by Crippen LogP contribution is 2.27. The molecule has 0 spiro atoms. The van der Waals surface area contributed by atoms with E-state index in [1.165, 1.54) is 25.7 Å². The highest BCUT2D eigenvalue weighted by Gasteiger charge is 2.23. The summed E-state index contributed by atoms with van der Waals surface area (Å²) in [5.41, 5.74) is 6.29. The smallest absolute Gasteiger partial charge is 0.138 e. The Balaban J connectivity index is 1.95. The Bertz CT molecular complexity index is 339. The third kappa shape index (κ3) is 3.28. The fourth-order valence-corrected chi connectivity index (χ4v) is 2.71. The summed E-state index contributed by atoms with van der Waals surface area (Å²) in [6, 6.07) is 0.257. The summed E-state index contributed by atoms with van der Waals surface area (Å²) in [5.74, 6) is 2.34. The molecule has 4 nitrogen and oxygen atoms in total. The van der Waals surface area contributed by atoms with Crippen molar-refractivity contribution in [1.82, 2.24) is 14.8 Å². The lowest BCUT2D eigenvalue weighted by atomic mass is 9.96. The topological polar surface area (TPSA) is 56.7 Å². The van der Waals surface area contributed by atoms with Crippen molar-refractivity contribution in [3.05, 3.63) is 12.2 Å². The standard InChI is InChI=1S/C13H24N4/c1-10(2)8-17-13(15-9-16-17)7-12(14)11-5-3-4-6-11/h9-12H,3-8,14H2,1-2H3. The molecular formula is C13H24N4. The Labute approximate surface area is 104 Å². The number of hydrogen-bond acceptors (Lipinski definition) is 3. The van der Waals surface area contributed by atoms with Crippen LogP contribution in [0, 0.1) is 11.8 Å². The molecule has 17 heavy (non-hydrogen) atoms. The fourth-order valence-electron chi connectivity index (χ4n) is 2.71. The average molecular weight is 236 g/mol. The summed E-state index contributed by atoms with van der Waals surface area (Å²) < 4.78 is 2.01. The molecule has 0 aliphatic heterocycles. The van der Waals surface area contributed by atoms with Crippen LogP contribution in [0.3, 0.4) is 0 Å². The molecule has 2 rings (SSSR count). The molecule has 1 aromatic rings. The van der Waals surface area contributed by atoms with Gasteiger partial charge in [0.15, 0.2) is 0 Å². The maximum absolute atomic E-state index is 6.29. The maximum atomic E-state index is 6.29. The Morgan fingerprint density at radius 3 is 2.76 bits per heavy atom. The van der Waals surface area contributed by atoms with Gasteiger partial charge in [0, 0.05) is 19.0 Å². The number of rotatable bonds is 5. The van der Waals surface area contributed by atoms with E-state index in [9.17, 15) is 0 Å². The summed E-state index contributed by atoms with van der Waals surface area (Å²) in [6.45, 7) is 5.33. The van der Waals surface area contributed by atoms with Gasteiger partial charge >= 0.3 is 0 Å². The van der Waals surface area contributed by atoms with Gasteiger partial charge in [-0.2, -0.15) is 5.10 Å². The van der Waals surface area contributed by atoms with Crippen molar-refractivity contribution in [2.24, 2.45) is 17.6 Å². The molecule has 1 saturated carbocycles. The van der Waals surface area contributed by atoms with Crippen LogP contribution in [0.2, 0.25) is 0 Å². The summed E-state index contributed by atoms with van der Waals surface area (Å²) in [7, 11) is 0. The van der Waals surface area contributed by atoms with Gasteiger partial charge in [0.1, 0.15) is 12.2 Å². The van der Waals surface area contributed by atoms with Crippen LogP contribution in [0.5, 0.6) is 0 Å². The minimum absolute atomic E-state index is 0.257. The predicted molar refractivity (Wildman–Crippen MR) is 68.5 cm³/mol. The van der Waals surface area contributed by atoms with Crippen molar-refractivity contribution in [1.29, 1.82) is 0 Å². The third-order valence-electron chi connectivity index (χ3n) is 3.66. The lowest BCUT2D eigenvalue weighted by molar-refractivity contribution is 0.402. The molecular weight excluding hydrogens is 212 g/mol. The van der Waals surface area contributed by atoms with Crippen LogP contribution in [0.25, 0.3) is 0 Å². The SMILES string of the molecule is CC(C)Cn1ncnc1CC(N)C1CCCC1. The average Bonchev–Trinajstić information content (AvgIpc) is 2.89. The minimum Gasteiger partial charge on any atom is -0.327 e. The zero-order chi connectivity index (χ0) is 12.3. The molecule has 2 N–H and O–H groups in total. The van der Waals surface area contributed by atoms with Crippen LogP contribution < -0.4 is 5.73 Å². The summed E-state index contributed by atoms with van der Waals surface area (Å²) in [4.78, 5) is 4.35. The first-order valence-electron chi connectivity index (χ1n) is 6.79. The van der Waals surface area contributed by atoms with E-state index in [1.807, 2.05) is 4.68 Å². The van der Waals surface area contributed by atoms with Gasteiger partial charge in [-0.3, -0.25) is 0 Å². The van der Waals surface area contributed by atoms with E-state index in [0.717, 1.165) is 18.8 Å². The normalized spacial score (nSPS) is 19.1. The molecule has 0 saturated heterocycles. The first-order chi connectivity index (χ1) is 8.16. The molecule has 0 radical (unpaired) electrons. The van der Waals surface area contributed by atoms with Gasteiger partial charge < -0.3 is 5.73 Å². The Hall–Kier alpha value is -0.900. The second kappa shape index (κ2) is 5.63. The van der Waals surface area contributed by atoms with Gasteiger partial charge in [-0.25, -0.2) is 9.67 Å².